The van der Waals surface area contributed by atoms with Crippen LogP contribution in [0.4, 0.5) is 8.78 Å². The Morgan fingerprint density at radius 2 is 2.20 bits per heavy atom. The van der Waals surface area contributed by atoms with E-state index in [-0.39, 0.29) is 6.04 Å². The normalized spacial score (nSPS) is 27.1. The minimum atomic E-state index is -0.761. The molecule has 3 atom stereocenters. The number of likely N-dealkylation sites (tertiary alicyclic amines) is 1. The lowest BCUT2D eigenvalue weighted by Crippen LogP contribution is -2.34. The molecular weight excluding hydrogens is 258 g/mol. The third kappa shape index (κ3) is 2.59. The zero-order chi connectivity index (χ0) is 14.1. The Morgan fingerprint density at radius 3 is 2.85 bits per heavy atom. The van der Waals surface area contributed by atoms with Gasteiger partial charge in [0.05, 0.1) is 0 Å². The van der Waals surface area contributed by atoms with Crippen LogP contribution in [0.15, 0.2) is 18.2 Å². The molecule has 1 N–H and O–H groups in total. The van der Waals surface area contributed by atoms with Crippen LogP contribution < -0.4 is 5.32 Å². The van der Waals surface area contributed by atoms with Crippen molar-refractivity contribution in [3.63, 3.8) is 0 Å². The number of rotatable bonds is 5. The van der Waals surface area contributed by atoms with Crippen LogP contribution in [0.2, 0.25) is 0 Å². The van der Waals surface area contributed by atoms with Crippen molar-refractivity contribution in [2.24, 2.45) is 5.92 Å². The van der Waals surface area contributed by atoms with E-state index in [4.69, 9.17) is 0 Å². The van der Waals surface area contributed by atoms with Gasteiger partial charge in [-0.15, -0.1) is 0 Å². The Bertz CT molecular complexity index is 478. The van der Waals surface area contributed by atoms with Crippen molar-refractivity contribution in [1.82, 2.24) is 10.2 Å². The van der Waals surface area contributed by atoms with Gasteiger partial charge in [-0.2, -0.15) is 0 Å². The summed E-state index contributed by atoms with van der Waals surface area (Å²) in [7, 11) is 1.81. The van der Waals surface area contributed by atoms with Crippen molar-refractivity contribution in [3.8, 4) is 0 Å². The number of piperidine rings is 1. The molecule has 1 aromatic carbocycles. The molecule has 110 valence electrons. The van der Waals surface area contributed by atoms with Gasteiger partial charge in [0.25, 0.3) is 0 Å². The first kappa shape index (κ1) is 14.0. The first-order valence-electron chi connectivity index (χ1n) is 7.54. The number of hydrogen-bond acceptors (Lipinski definition) is 2. The van der Waals surface area contributed by atoms with E-state index in [0.717, 1.165) is 24.9 Å². The Labute approximate surface area is 119 Å². The monoisotopic (exact) mass is 280 g/mol. The van der Waals surface area contributed by atoms with E-state index in [1.54, 1.807) is 12.1 Å². The van der Waals surface area contributed by atoms with Crippen LogP contribution in [0.3, 0.4) is 0 Å². The van der Waals surface area contributed by atoms with Gasteiger partial charge in [-0.25, -0.2) is 8.78 Å². The van der Waals surface area contributed by atoms with Crippen molar-refractivity contribution >= 4 is 0 Å². The van der Waals surface area contributed by atoms with Crippen LogP contribution in [-0.2, 0) is 0 Å². The summed E-state index contributed by atoms with van der Waals surface area (Å²) in [6.07, 6.45) is 4.83. The van der Waals surface area contributed by atoms with Gasteiger partial charge in [-0.1, -0.05) is 12.1 Å². The second-order valence-electron chi connectivity index (χ2n) is 6.10. The standard InChI is InChI=1S/C16H22F2N2/c1-19-15(13-3-2-4-14(17)16(13)18)7-8-20-10-11-5-6-12(20)9-11/h2-4,11-12,15,19H,5-10H2,1H3. The fraction of sp³-hybridized carbons (Fsp3) is 0.625. The van der Waals surface area contributed by atoms with Crippen molar-refractivity contribution in [2.45, 2.75) is 37.8 Å². The summed E-state index contributed by atoms with van der Waals surface area (Å²) in [5.74, 6) is -0.600. The Kier molecular flexibility index (Phi) is 4.03. The molecular formula is C16H22F2N2. The predicted octanol–water partition coefficient (Wildman–Crippen LogP) is 3.10. The number of benzene rings is 1. The second kappa shape index (κ2) is 5.78. The quantitative estimate of drug-likeness (QED) is 0.891. The SMILES string of the molecule is CNC(CCN1CC2CCC1C2)c1cccc(F)c1F. The van der Waals surface area contributed by atoms with Crippen LogP contribution in [0, 0.1) is 17.6 Å². The summed E-state index contributed by atoms with van der Waals surface area (Å²) in [4.78, 5) is 2.52. The molecule has 2 bridgehead atoms. The Balaban J connectivity index is 1.64. The number of hydrogen-bond donors (Lipinski definition) is 1. The molecule has 3 rings (SSSR count). The first-order chi connectivity index (χ1) is 9.69. The molecule has 1 aliphatic heterocycles. The highest BCUT2D eigenvalue weighted by molar-refractivity contribution is 5.22. The molecule has 0 amide bonds. The van der Waals surface area contributed by atoms with Crippen molar-refractivity contribution in [3.05, 3.63) is 35.4 Å². The van der Waals surface area contributed by atoms with Gasteiger partial charge in [0, 0.05) is 30.7 Å². The fourth-order valence-corrected chi connectivity index (χ4v) is 3.84. The minimum absolute atomic E-state index is 0.121. The lowest BCUT2D eigenvalue weighted by molar-refractivity contribution is 0.203. The lowest BCUT2D eigenvalue weighted by atomic mass is 10.0. The molecule has 1 aromatic rings. The van der Waals surface area contributed by atoms with E-state index in [0.29, 0.717) is 5.56 Å². The molecule has 3 unspecified atom stereocenters. The Morgan fingerprint density at radius 1 is 1.35 bits per heavy atom. The van der Waals surface area contributed by atoms with Crippen molar-refractivity contribution in [2.75, 3.05) is 20.1 Å². The molecule has 0 radical (unpaired) electrons. The summed E-state index contributed by atoms with van der Waals surface area (Å²) in [5, 5.41) is 3.12. The topological polar surface area (TPSA) is 15.3 Å². The van der Waals surface area contributed by atoms with Crippen molar-refractivity contribution < 1.29 is 8.78 Å². The molecule has 2 nitrogen and oxygen atoms in total. The molecule has 20 heavy (non-hydrogen) atoms. The maximum absolute atomic E-state index is 13.9. The molecule has 1 heterocycles. The Hall–Kier alpha value is -1.00. The van der Waals surface area contributed by atoms with Gasteiger partial charge in [0.15, 0.2) is 11.6 Å². The molecule has 1 aliphatic carbocycles. The predicted molar refractivity (Wildman–Crippen MR) is 75.5 cm³/mol. The van der Waals surface area contributed by atoms with Crippen LogP contribution in [0.25, 0.3) is 0 Å². The summed E-state index contributed by atoms with van der Waals surface area (Å²) < 4.78 is 27.2. The van der Waals surface area contributed by atoms with Gasteiger partial charge < -0.3 is 10.2 Å². The van der Waals surface area contributed by atoms with Gasteiger partial charge in [-0.3, -0.25) is 0 Å². The smallest absolute Gasteiger partial charge is 0.163 e. The van der Waals surface area contributed by atoms with Crippen LogP contribution in [0.1, 0.15) is 37.3 Å². The molecule has 2 aliphatic rings. The maximum atomic E-state index is 13.9. The van der Waals surface area contributed by atoms with Crippen molar-refractivity contribution in [1.29, 1.82) is 0 Å². The molecule has 0 spiro atoms. The second-order valence-corrected chi connectivity index (χ2v) is 6.10. The highest BCUT2D eigenvalue weighted by Gasteiger charge is 2.37. The highest BCUT2D eigenvalue weighted by atomic mass is 19.2. The van der Waals surface area contributed by atoms with E-state index in [9.17, 15) is 8.78 Å². The number of fused-ring (bicyclic) bond motifs is 2. The summed E-state index contributed by atoms with van der Waals surface area (Å²) in [6, 6.07) is 5.04. The molecule has 1 saturated carbocycles. The largest absolute Gasteiger partial charge is 0.313 e. The number of halogens is 2. The summed E-state index contributed by atoms with van der Waals surface area (Å²) in [5.41, 5.74) is 0.442. The lowest BCUT2D eigenvalue weighted by Gasteiger charge is -2.28. The summed E-state index contributed by atoms with van der Waals surface area (Å²) in [6.45, 7) is 2.15. The minimum Gasteiger partial charge on any atom is -0.313 e. The van der Waals surface area contributed by atoms with E-state index in [1.165, 1.54) is 31.9 Å². The fourth-order valence-electron chi connectivity index (χ4n) is 3.84. The van der Waals surface area contributed by atoms with Gasteiger partial charge in [-0.05, 0) is 44.7 Å². The molecule has 4 heteroatoms. The highest BCUT2D eigenvalue weighted by Crippen LogP contribution is 2.37. The maximum Gasteiger partial charge on any atom is 0.163 e. The molecule has 1 saturated heterocycles. The molecule has 2 fully saturated rings. The number of nitrogens with one attached hydrogen (secondary N) is 1. The average Bonchev–Trinajstić information content (AvgIpc) is 3.06. The van der Waals surface area contributed by atoms with Gasteiger partial charge in [0.2, 0.25) is 0 Å². The molecule has 0 aromatic heterocycles. The van der Waals surface area contributed by atoms with Crippen LogP contribution in [-0.4, -0.2) is 31.1 Å². The van der Waals surface area contributed by atoms with E-state index in [2.05, 4.69) is 10.2 Å². The number of nitrogens with zero attached hydrogens (tertiary/aromatic N) is 1. The summed E-state index contributed by atoms with van der Waals surface area (Å²) >= 11 is 0. The van der Waals surface area contributed by atoms with Gasteiger partial charge in [0.1, 0.15) is 0 Å². The van der Waals surface area contributed by atoms with E-state index in [1.807, 2.05) is 7.05 Å². The third-order valence-corrected chi connectivity index (χ3v) is 4.93. The zero-order valence-electron chi connectivity index (χ0n) is 11.9. The van der Waals surface area contributed by atoms with Crippen LogP contribution >= 0.6 is 0 Å². The van der Waals surface area contributed by atoms with Crippen LogP contribution in [0.5, 0.6) is 0 Å². The van der Waals surface area contributed by atoms with E-state index < -0.39 is 11.6 Å². The van der Waals surface area contributed by atoms with Gasteiger partial charge >= 0.3 is 0 Å². The average molecular weight is 280 g/mol. The first-order valence-corrected chi connectivity index (χ1v) is 7.54. The van der Waals surface area contributed by atoms with E-state index >= 15 is 0 Å². The third-order valence-electron chi connectivity index (χ3n) is 4.93. The zero-order valence-corrected chi connectivity index (χ0v) is 11.9.